The van der Waals surface area contributed by atoms with E-state index in [1.165, 1.54) is 16.6 Å². The highest BCUT2D eigenvalue weighted by Crippen LogP contribution is 2.26. The van der Waals surface area contributed by atoms with E-state index in [0.29, 0.717) is 0 Å². The Morgan fingerprint density at radius 1 is 0.812 bits per heavy atom. The molecule has 0 fully saturated rings. The molecule has 0 spiro atoms. The van der Waals surface area contributed by atoms with Crippen molar-refractivity contribution in [3.05, 3.63) is 65.9 Å². The smallest absolute Gasteiger partial charge is 0.0528 e. The molecule has 1 nitrogen and oxygen atoms in total. The predicted octanol–water partition coefficient (Wildman–Crippen LogP) is 4.26. The molecule has 0 unspecified atom stereocenters. The number of benzene rings is 1. The van der Waals surface area contributed by atoms with E-state index in [2.05, 4.69) is 35.0 Å². The zero-order valence-corrected chi connectivity index (χ0v) is 9.35. The van der Waals surface area contributed by atoms with Crippen molar-refractivity contribution in [1.82, 2.24) is 4.40 Å². The Balaban J connectivity index is 2.22. The maximum Gasteiger partial charge on any atom is 0.0528 e. The van der Waals surface area contributed by atoms with Gasteiger partial charge in [0.15, 0.2) is 0 Å². The molecule has 0 aliphatic carbocycles. The minimum atomic E-state index is 0.771. The molecule has 2 heteroatoms. The molecular weight excluding hydrogens is 218 g/mol. The first kappa shape index (κ1) is 9.49. The van der Waals surface area contributed by atoms with Crippen LogP contribution in [-0.4, -0.2) is 4.40 Å². The first-order chi connectivity index (χ1) is 7.84. The molecule has 78 valence electrons. The summed E-state index contributed by atoms with van der Waals surface area (Å²) < 4.78 is 2.12. The highest BCUT2D eigenvalue weighted by atomic mass is 35.5. The maximum absolute atomic E-state index is 5.89. The number of fused-ring (bicyclic) bond motifs is 1. The van der Waals surface area contributed by atoms with E-state index in [-0.39, 0.29) is 0 Å². The lowest BCUT2D eigenvalue weighted by Gasteiger charge is -2.00. The zero-order chi connectivity index (χ0) is 11.0. The number of nitrogens with zero attached hydrogens (tertiary/aromatic N) is 1. The lowest BCUT2D eigenvalue weighted by Crippen LogP contribution is -1.80. The van der Waals surface area contributed by atoms with Gasteiger partial charge in [-0.25, -0.2) is 0 Å². The van der Waals surface area contributed by atoms with Crippen molar-refractivity contribution < 1.29 is 0 Å². The molecule has 0 saturated heterocycles. The molecule has 0 bridgehead atoms. The van der Waals surface area contributed by atoms with Gasteiger partial charge in [0.1, 0.15) is 0 Å². The van der Waals surface area contributed by atoms with Gasteiger partial charge >= 0.3 is 0 Å². The topological polar surface area (TPSA) is 4.41 Å². The third kappa shape index (κ3) is 1.50. The van der Waals surface area contributed by atoms with E-state index >= 15 is 0 Å². The van der Waals surface area contributed by atoms with Crippen molar-refractivity contribution in [3.63, 3.8) is 0 Å². The average Bonchev–Trinajstić information content (AvgIpc) is 2.74. The third-order valence-electron chi connectivity index (χ3n) is 2.72. The molecule has 0 N–H and O–H groups in total. The van der Waals surface area contributed by atoms with E-state index in [1.807, 2.05) is 30.3 Å². The normalized spacial score (nSPS) is 10.8. The Morgan fingerprint density at radius 2 is 1.62 bits per heavy atom. The Kier molecular flexibility index (Phi) is 2.19. The summed E-state index contributed by atoms with van der Waals surface area (Å²) in [7, 11) is 0. The molecule has 2 aromatic heterocycles. The molecule has 0 saturated carbocycles. The summed E-state index contributed by atoms with van der Waals surface area (Å²) in [6, 6.07) is 16.2. The fourth-order valence-corrected chi connectivity index (χ4v) is 2.05. The van der Waals surface area contributed by atoms with Crippen molar-refractivity contribution in [2.45, 2.75) is 0 Å². The van der Waals surface area contributed by atoms with Crippen LogP contribution in [0.3, 0.4) is 0 Å². The fraction of sp³-hybridized carbons (Fsp3) is 0. The molecule has 3 aromatic rings. The van der Waals surface area contributed by atoms with Gasteiger partial charge in [0.25, 0.3) is 0 Å². The Labute approximate surface area is 98.9 Å². The number of hydrogen-bond acceptors (Lipinski definition) is 0. The summed E-state index contributed by atoms with van der Waals surface area (Å²) in [5, 5.41) is 0.771. The molecule has 0 amide bonds. The van der Waals surface area contributed by atoms with Gasteiger partial charge < -0.3 is 4.40 Å². The molecule has 0 radical (unpaired) electrons. The Morgan fingerprint density at radius 3 is 2.44 bits per heavy atom. The molecule has 1 aromatic carbocycles. The van der Waals surface area contributed by atoms with E-state index < -0.39 is 0 Å². The lowest BCUT2D eigenvalue weighted by molar-refractivity contribution is 1.20. The monoisotopic (exact) mass is 227 g/mol. The molecule has 0 atom stereocenters. The molecule has 16 heavy (non-hydrogen) atoms. The van der Waals surface area contributed by atoms with Crippen LogP contribution >= 0.6 is 11.6 Å². The highest BCUT2D eigenvalue weighted by molar-refractivity contribution is 6.30. The number of rotatable bonds is 1. The van der Waals surface area contributed by atoms with Gasteiger partial charge in [0.2, 0.25) is 0 Å². The van der Waals surface area contributed by atoms with E-state index in [1.54, 1.807) is 0 Å². The van der Waals surface area contributed by atoms with Crippen LogP contribution < -0.4 is 0 Å². The van der Waals surface area contributed by atoms with Crippen molar-refractivity contribution in [1.29, 1.82) is 0 Å². The largest absolute Gasteiger partial charge is 0.323 e. The lowest BCUT2D eigenvalue weighted by atomic mass is 10.1. The first-order valence-corrected chi connectivity index (χ1v) is 5.54. The Hall–Kier alpha value is -1.73. The average molecular weight is 228 g/mol. The van der Waals surface area contributed by atoms with Gasteiger partial charge in [-0.3, -0.25) is 0 Å². The summed E-state index contributed by atoms with van der Waals surface area (Å²) in [5.74, 6) is 0. The van der Waals surface area contributed by atoms with Gasteiger partial charge in [0, 0.05) is 23.0 Å². The standard InChI is InChI=1S/C14H10ClN/c15-12-6-4-11(5-7-12)13-8-10-16-9-2-1-3-14(13)16/h1-10H. The summed E-state index contributed by atoms with van der Waals surface area (Å²) in [5.41, 5.74) is 3.64. The van der Waals surface area contributed by atoms with Crippen LogP contribution in [0.2, 0.25) is 5.02 Å². The van der Waals surface area contributed by atoms with Crippen LogP contribution in [-0.2, 0) is 0 Å². The summed E-state index contributed by atoms with van der Waals surface area (Å²) in [6.07, 6.45) is 4.12. The fourth-order valence-electron chi connectivity index (χ4n) is 1.93. The van der Waals surface area contributed by atoms with Gasteiger partial charge in [0.05, 0.1) is 5.52 Å². The Bertz CT molecular complexity index is 623. The van der Waals surface area contributed by atoms with Crippen LogP contribution in [0.25, 0.3) is 16.6 Å². The van der Waals surface area contributed by atoms with Crippen LogP contribution in [0.1, 0.15) is 0 Å². The quantitative estimate of drug-likeness (QED) is 0.585. The molecule has 3 rings (SSSR count). The number of hydrogen-bond donors (Lipinski definition) is 0. The van der Waals surface area contributed by atoms with Gasteiger partial charge in [-0.05, 0) is 35.9 Å². The van der Waals surface area contributed by atoms with Crippen molar-refractivity contribution in [2.24, 2.45) is 0 Å². The van der Waals surface area contributed by atoms with Gasteiger partial charge in [-0.1, -0.05) is 29.8 Å². The van der Waals surface area contributed by atoms with E-state index in [0.717, 1.165) is 5.02 Å². The zero-order valence-electron chi connectivity index (χ0n) is 8.60. The summed E-state index contributed by atoms with van der Waals surface area (Å²) in [6.45, 7) is 0. The third-order valence-corrected chi connectivity index (χ3v) is 2.98. The second kappa shape index (κ2) is 3.69. The van der Waals surface area contributed by atoms with Crippen molar-refractivity contribution >= 4 is 17.1 Å². The highest BCUT2D eigenvalue weighted by Gasteiger charge is 2.03. The minimum Gasteiger partial charge on any atom is -0.323 e. The first-order valence-electron chi connectivity index (χ1n) is 5.16. The SMILES string of the molecule is Clc1ccc(-c2ccn3ccccc23)cc1. The predicted molar refractivity (Wildman–Crippen MR) is 67.8 cm³/mol. The molecule has 2 heterocycles. The van der Waals surface area contributed by atoms with Crippen LogP contribution in [0.4, 0.5) is 0 Å². The number of halogens is 1. The van der Waals surface area contributed by atoms with Crippen LogP contribution in [0.5, 0.6) is 0 Å². The maximum atomic E-state index is 5.89. The van der Waals surface area contributed by atoms with Gasteiger partial charge in [-0.2, -0.15) is 0 Å². The van der Waals surface area contributed by atoms with Crippen LogP contribution in [0, 0.1) is 0 Å². The summed E-state index contributed by atoms with van der Waals surface area (Å²) in [4.78, 5) is 0. The van der Waals surface area contributed by atoms with Crippen LogP contribution in [0.15, 0.2) is 60.9 Å². The molecular formula is C14H10ClN. The van der Waals surface area contributed by atoms with Gasteiger partial charge in [-0.15, -0.1) is 0 Å². The van der Waals surface area contributed by atoms with E-state index in [9.17, 15) is 0 Å². The van der Waals surface area contributed by atoms with Crippen molar-refractivity contribution in [2.75, 3.05) is 0 Å². The van der Waals surface area contributed by atoms with Crippen molar-refractivity contribution in [3.8, 4) is 11.1 Å². The number of pyridine rings is 1. The minimum absolute atomic E-state index is 0.771. The number of aromatic nitrogens is 1. The summed E-state index contributed by atoms with van der Waals surface area (Å²) >= 11 is 5.89. The van der Waals surface area contributed by atoms with E-state index in [4.69, 9.17) is 11.6 Å². The second-order valence-corrected chi connectivity index (χ2v) is 4.17. The second-order valence-electron chi connectivity index (χ2n) is 3.73. The molecule has 0 aliphatic heterocycles. The molecule has 0 aliphatic rings.